The fourth-order valence-electron chi connectivity index (χ4n) is 1.57. The minimum Gasteiger partial charge on any atom is -0.373 e. The summed E-state index contributed by atoms with van der Waals surface area (Å²) in [4.78, 5) is 14.1. The lowest BCUT2D eigenvalue weighted by Crippen LogP contribution is -1.90. The highest BCUT2D eigenvalue weighted by molar-refractivity contribution is 7.21. The van der Waals surface area contributed by atoms with Crippen LogP contribution >= 0.6 is 11.3 Å². The van der Waals surface area contributed by atoms with Gasteiger partial charge in [0.2, 0.25) is 0 Å². The maximum Gasteiger partial charge on any atom is 0.146 e. The SMILES string of the molecule is CNc1ccc2nc(-c3cccnc3)sc2n1. The number of hydrogen-bond donors (Lipinski definition) is 1. The van der Waals surface area contributed by atoms with E-state index < -0.39 is 0 Å². The first kappa shape index (κ1) is 10.2. The molecule has 0 aliphatic rings. The quantitative estimate of drug-likeness (QED) is 0.750. The topological polar surface area (TPSA) is 50.7 Å². The third kappa shape index (κ3) is 1.85. The van der Waals surface area contributed by atoms with E-state index in [0.29, 0.717) is 0 Å². The lowest BCUT2D eigenvalue weighted by molar-refractivity contribution is 1.32. The molecule has 0 saturated heterocycles. The second-order valence-electron chi connectivity index (χ2n) is 3.53. The van der Waals surface area contributed by atoms with Crippen LogP contribution in [0.2, 0.25) is 0 Å². The molecule has 84 valence electrons. The summed E-state index contributed by atoms with van der Waals surface area (Å²) in [6.07, 6.45) is 3.57. The number of pyridine rings is 2. The summed E-state index contributed by atoms with van der Waals surface area (Å²) in [6.45, 7) is 0. The van der Waals surface area contributed by atoms with Gasteiger partial charge in [-0.3, -0.25) is 4.98 Å². The summed E-state index contributed by atoms with van der Waals surface area (Å²) in [7, 11) is 1.86. The van der Waals surface area contributed by atoms with Gasteiger partial charge in [0, 0.05) is 25.0 Å². The average molecular weight is 242 g/mol. The van der Waals surface area contributed by atoms with E-state index in [1.165, 1.54) is 0 Å². The van der Waals surface area contributed by atoms with Crippen molar-refractivity contribution in [1.82, 2.24) is 15.0 Å². The van der Waals surface area contributed by atoms with Crippen LogP contribution in [0, 0.1) is 0 Å². The van der Waals surface area contributed by atoms with Gasteiger partial charge in [-0.15, -0.1) is 0 Å². The molecule has 3 rings (SSSR count). The monoisotopic (exact) mass is 242 g/mol. The number of fused-ring (bicyclic) bond motifs is 1. The summed E-state index contributed by atoms with van der Waals surface area (Å²) in [5, 5.41) is 3.98. The number of nitrogens with one attached hydrogen (secondary N) is 1. The Morgan fingerprint density at radius 2 is 2.12 bits per heavy atom. The van der Waals surface area contributed by atoms with E-state index in [0.717, 1.165) is 26.7 Å². The minimum absolute atomic E-state index is 0.860. The fourth-order valence-corrected chi connectivity index (χ4v) is 2.50. The first-order valence-electron chi connectivity index (χ1n) is 5.22. The van der Waals surface area contributed by atoms with E-state index in [9.17, 15) is 0 Å². The molecular weight excluding hydrogens is 232 g/mol. The van der Waals surface area contributed by atoms with Gasteiger partial charge in [0.25, 0.3) is 0 Å². The maximum absolute atomic E-state index is 4.55. The van der Waals surface area contributed by atoms with Crippen molar-refractivity contribution in [3.63, 3.8) is 0 Å². The normalized spacial score (nSPS) is 10.6. The highest BCUT2D eigenvalue weighted by Crippen LogP contribution is 2.28. The van der Waals surface area contributed by atoms with Gasteiger partial charge in [-0.25, -0.2) is 9.97 Å². The standard InChI is InChI=1S/C12H10N4S/c1-13-10-5-4-9-12(16-10)17-11(15-9)8-3-2-6-14-7-8/h2-7H,1H3,(H,13,16). The van der Waals surface area contributed by atoms with Crippen molar-refractivity contribution in [2.24, 2.45) is 0 Å². The van der Waals surface area contributed by atoms with E-state index in [1.807, 2.05) is 37.5 Å². The minimum atomic E-state index is 0.860. The second-order valence-corrected chi connectivity index (χ2v) is 4.51. The smallest absolute Gasteiger partial charge is 0.146 e. The molecular formula is C12H10N4S. The Morgan fingerprint density at radius 1 is 1.18 bits per heavy atom. The van der Waals surface area contributed by atoms with Crippen LogP contribution in [0.3, 0.4) is 0 Å². The number of aromatic nitrogens is 3. The van der Waals surface area contributed by atoms with Crippen LogP contribution in [0.5, 0.6) is 0 Å². The van der Waals surface area contributed by atoms with Crippen LogP contribution in [-0.4, -0.2) is 22.0 Å². The van der Waals surface area contributed by atoms with Crippen molar-refractivity contribution in [1.29, 1.82) is 0 Å². The molecule has 0 unspecified atom stereocenters. The van der Waals surface area contributed by atoms with Gasteiger partial charge in [0.05, 0.1) is 0 Å². The van der Waals surface area contributed by atoms with Gasteiger partial charge in [-0.05, 0) is 24.3 Å². The van der Waals surface area contributed by atoms with Crippen molar-refractivity contribution >= 4 is 27.5 Å². The van der Waals surface area contributed by atoms with Crippen LogP contribution in [0.25, 0.3) is 20.9 Å². The van der Waals surface area contributed by atoms with Crippen LogP contribution in [0.4, 0.5) is 5.82 Å². The summed E-state index contributed by atoms with van der Waals surface area (Å²) < 4.78 is 0. The predicted molar refractivity (Wildman–Crippen MR) is 70.2 cm³/mol. The third-order valence-electron chi connectivity index (χ3n) is 2.42. The highest BCUT2D eigenvalue weighted by atomic mass is 32.1. The number of nitrogens with zero attached hydrogens (tertiary/aromatic N) is 3. The van der Waals surface area contributed by atoms with Gasteiger partial charge in [0.15, 0.2) is 0 Å². The lowest BCUT2D eigenvalue weighted by atomic mass is 10.3. The average Bonchev–Trinajstić information content (AvgIpc) is 2.82. The Kier molecular flexibility index (Phi) is 2.45. The molecule has 3 heterocycles. The van der Waals surface area contributed by atoms with E-state index >= 15 is 0 Å². The Hall–Kier alpha value is -2.01. The van der Waals surface area contributed by atoms with E-state index in [1.54, 1.807) is 17.5 Å². The number of hydrogen-bond acceptors (Lipinski definition) is 5. The van der Waals surface area contributed by atoms with Gasteiger partial charge >= 0.3 is 0 Å². The lowest BCUT2D eigenvalue weighted by Gasteiger charge is -1.95. The molecule has 0 aromatic carbocycles. The van der Waals surface area contributed by atoms with Crippen molar-refractivity contribution in [2.45, 2.75) is 0 Å². The van der Waals surface area contributed by atoms with Crippen LogP contribution in [0.15, 0.2) is 36.7 Å². The summed E-state index contributed by atoms with van der Waals surface area (Å²) >= 11 is 1.58. The molecule has 3 aromatic rings. The molecule has 0 spiro atoms. The molecule has 17 heavy (non-hydrogen) atoms. The maximum atomic E-state index is 4.55. The summed E-state index contributed by atoms with van der Waals surface area (Å²) in [5.41, 5.74) is 1.95. The van der Waals surface area contributed by atoms with Crippen LogP contribution < -0.4 is 5.32 Å². The molecule has 0 bridgehead atoms. The zero-order valence-electron chi connectivity index (χ0n) is 9.21. The van der Waals surface area contributed by atoms with Gasteiger partial charge < -0.3 is 5.32 Å². The molecule has 0 aliphatic carbocycles. The van der Waals surface area contributed by atoms with Crippen molar-refractivity contribution in [2.75, 3.05) is 12.4 Å². The molecule has 0 fully saturated rings. The Labute approximate surface area is 102 Å². The molecule has 0 aliphatic heterocycles. The molecule has 5 heteroatoms. The Bertz CT molecular complexity index is 648. The number of rotatable bonds is 2. The number of anilines is 1. The third-order valence-corrected chi connectivity index (χ3v) is 3.43. The van der Waals surface area contributed by atoms with Gasteiger partial charge in [-0.1, -0.05) is 11.3 Å². The fraction of sp³-hybridized carbons (Fsp3) is 0.0833. The summed E-state index contributed by atoms with van der Waals surface area (Å²) in [5.74, 6) is 0.860. The summed E-state index contributed by atoms with van der Waals surface area (Å²) in [6, 6.07) is 7.82. The first-order valence-corrected chi connectivity index (χ1v) is 6.04. The van der Waals surface area contributed by atoms with Crippen LogP contribution in [-0.2, 0) is 0 Å². The van der Waals surface area contributed by atoms with Gasteiger partial charge in [-0.2, -0.15) is 0 Å². The molecule has 3 aromatic heterocycles. The van der Waals surface area contributed by atoms with E-state index in [-0.39, 0.29) is 0 Å². The van der Waals surface area contributed by atoms with Crippen molar-refractivity contribution in [3.8, 4) is 10.6 Å². The molecule has 0 atom stereocenters. The predicted octanol–water partition coefficient (Wildman–Crippen LogP) is 2.80. The highest BCUT2D eigenvalue weighted by Gasteiger charge is 2.07. The zero-order valence-corrected chi connectivity index (χ0v) is 10.0. The van der Waals surface area contributed by atoms with Crippen molar-refractivity contribution < 1.29 is 0 Å². The first-order chi connectivity index (χ1) is 8.36. The molecule has 1 N–H and O–H groups in total. The second kappa shape index (κ2) is 4.10. The Balaban J connectivity index is 2.14. The van der Waals surface area contributed by atoms with E-state index in [2.05, 4.69) is 20.3 Å². The molecule has 0 saturated carbocycles. The molecule has 0 amide bonds. The molecule has 0 radical (unpaired) electrons. The molecule has 4 nitrogen and oxygen atoms in total. The van der Waals surface area contributed by atoms with Gasteiger partial charge in [0.1, 0.15) is 21.2 Å². The Morgan fingerprint density at radius 3 is 2.88 bits per heavy atom. The van der Waals surface area contributed by atoms with E-state index in [4.69, 9.17) is 0 Å². The largest absolute Gasteiger partial charge is 0.373 e. The zero-order chi connectivity index (χ0) is 11.7. The number of thiazole rings is 1. The van der Waals surface area contributed by atoms with Crippen molar-refractivity contribution in [3.05, 3.63) is 36.7 Å². The van der Waals surface area contributed by atoms with Crippen LogP contribution in [0.1, 0.15) is 0 Å².